The van der Waals surface area contributed by atoms with Gasteiger partial charge in [-0.2, -0.15) is 0 Å². The second kappa shape index (κ2) is 8.84. The number of ether oxygens (including phenoxy) is 1. The molecule has 1 aromatic heterocycles. The van der Waals surface area contributed by atoms with Crippen molar-refractivity contribution in [3.8, 4) is 0 Å². The number of carbonyl (C=O) groups excluding carboxylic acids is 3. The molecule has 10 heteroatoms. The molecule has 2 saturated heterocycles. The second-order valence-electron chi connectivity index (χ2n) is 7.52. The van der Waals surface area contributed by atoms with Crippen molar-refractivity contribution in [3.05, 3.63) is 44.9 Å². The molecule has 4 rings (SSSR count). The number of nitrogens with zero attached hydrogens (tertiary/aromatic N) is 2. The van der Waals surface area contributed by atoms with Crippen molar-refractivity contribution < 1.29 is 23.5 Å². The monoisotopic (exact) mass is 465 g/mol. The average Bonchev–Trinajstić information content (AvgIpc) is 3.33. The van der Waals surface area contributed by atoms with Gasteiger partial charge in [-0.05, 0) is 43.5 Å². The van der Waals surface area contributed by atoms with Crippen LogP contribution >= 0.6 is 22.9 Å². The van der Waals surface area contributed by atoms with E-state index in [1.54, 1.807) is 30.0 Å². The minimum atomic E-state index is -0.682. The molecule has 0 radical (unpaired) electrons. The lowest BCUT2D eigenvalue weighted by molar-refractivity contribution is -0.119. The van der Waals surface area contributed by atoms with Crippen molar-refractivity contribution in [2.45, 2.75) is 32.3 Å². The summed E-state index contributed by atoms with van der Waals surface area (Å²) in [7, 11) is 0. The maximum absolute atomic E-state index is 14.9. The molecule has 0 aliphatic carbocycles. The Morgan fingerprint density at radius 1 is 1.26 bits per heavy atom. The Bertz CT molecular complexity index is 1040. The van der Waals surface area contributed by atoms with Crippen LogP contribution in [-0.2, 0) is 9.53 Å². The first-order valence-electron chi connectivity index (χ1n) is 9.95. The molecule has 1 N–H and O–H groups in total. The maximum Gasteiger partial charge on any atom is 0.414 e. The number of nitrogens with one attached hydrogen (secondary N) is 1. The quantitative estimate of drug-likeness (QED) is 0.720. The number of benzene rings is 1. The highest BCUT2D eigenvalue weighted by Crippen LogP contribution is 2.33. The number of rotatable bonds is 5. The first-order chi connectivity index (χ1) is 14.8. The van der Waals surface area contributed by atoms with Crippen molar-refractivity contribution in [2.24, 2.45) is 0 Å². The summed E-state index contributed by atoms with van der Waals surface area (Å²) in [6.45, 7) is 2.53. The predicted octanol–water partition coefficient (Wildman–Crippen LogP) is 4.12. The Morgan fingerprint density at radius 3 is 2.77 bits per heavy atom. The zero-order valence-electron chi connectivity index (χ0n) is 16.8. The summed E-state index contributed by atoms with van der Waals surface area (Å²) in [5, 5.41) is 2.70. The molecule has 1 aromatic carbocycles. The summed E-state index contributed by atoms with van der Waals surface area (Å²) in [6, 6.07) is 6.10. The van der Waals surface area contributed by atoms with Gasteiger partial charge in [-0.25, -0.2) is 9.18 Å². The van der Waals surface area contributed by atoms with E-state index in [2.05, 4.69) is 5.32 Å². The van der Waals surface area contributed by atoms with E-state index in [1.165, 1.54) is 11.0 Å². The van der Waals surface area contributed by atoms with E-state index in [0.29, 0.717) is 33.4 Å². The van der Waals surface area contributed by atoms with E-state index in [0.717, 1.165) is 24.2 Å². The number of carbonyl (C=O) groups is 3. The van der Waals surface area contributed by atoms with Gasteiger partial charge in [0.15, 0.2) is 0 Å². The van der Waals surface area contributed by atoms with Crippen molar-refractivity contribution in [3.63, 3.8) is 0 Å². The summed E-state index contributed by atoms with van der Waals surface area (Å²) in [5.41, 5.74) is 1.32. The number of piperidine rings is 1. The molecule has 0 bridgehead atoms. The Kier molecular flexibility index (Phi) is 6.15. The Balaban J connectivity index is 1.44. The molecule has 0 spiro atoms. The second-order valence-corrected chi connectivity index (χ2v) is 9.24. The van der Waals surface area contributed by atoms with Crippen molar-refractivity contribution >= 4 is 52.2 Å². The highest BCUT2D eigenvalue weighted by molar-refractivity contribution is 7.18. The average molecular weight is 466 g/mol. The molecule has 1 atom stereocenters. The first-order valence-corrected chi connectivity index (χ1v) is 11.1. The lowest BCUT2D eigenvalue weighted by Crippen LogP contribution is -2.36. The Morgan fingerprint density at radius 2 is 2.06 bits per heavy atom. The smallest absolute Gasteiger partial charge is 0.414 e. The molecule has 2 aliphatic heterocycles. The standard InChI is InChI=1S/C21H21ClFN3O4S/c1-12-8-16(14(23)9-15(12)25-7-3-2-4-19(25)27)26-11-13(30-21(26)29)10-24-20(28)17-5-6-18(22)31-17/h5-6,8-9,13H,2-4,7,10-11H2,1H3,(H,24,28)/t13-/m0/s1. The van der Waals surface area contributed by atoms with Gasteiger partial charge in [0.1, 0.15) is 11.9 Å². The molecule has 3 amide bonds. The Labute approximate surface area is 187 Å². The van der Waals surface area contributed by atoms with Gasteiger partial charge in [0, 0.05) is 24.7 Å². The van der Waals surface area contributed by atoms with E-state index >= 15 is 0 Å². The van der Waals surface area contributed by atoms with Crippen LogP contribution < -0.4 is 15.1 Å². The predicted molar refractivity (Wildman–Crippen MR) is 117 cm³/mol. The van der Waals surface area contributed by atoms with Crippen LogP contribution in [0.3, 0.4) is 0 Å². The normalized spacial score (nSPS) is 19.0. The number of halogens is 2. The fourth-order valence-electron chi connectivity index (χ4n) is 3.77. The number of thiophene rings is 1. The number of hydrogen-bond donors (Lipinski definition) is 1. The van der Waals surface area contributed by atoms with Crippen LogP contribution in [0.2, 0.25) is 4.34 Å². The van der Waals surface area contributed by atoms with Crippen LogP contribution in [0.1, 0.15) is 34.5 Å². The topological polar surface area (TPSA) is 79.0 Å². The van der Waals surface area contributed by atoms with Crippen LogP contribution in [0.4, 0.5) is 20.6 Å². The maximum atomic E-state index is 14.9. The molecule has 2 aromatic rings. The minimum absolute atomic E-state index is 0.0232. The molecule has 2 fully saturated rings. The van der Waals surface area contributed by atoms with Crippen molar-refractivity contribution in [2.75, 3.05) is 29.4 Å². The summed E-state index contributed by atoms with van der Waals surface area (Å²) in [6.07, 6.45) is 0.865. The van der Waals surface area contributed by atoms with Gasteiger partial charge in [0.25, 0.3) is 5.91 Å². The van der Waals surface area contributed by atoms with Crippen molar-refractivity contribution in [1.29, 1.82) is 0 Å². The fourth-order valence-corrected chi connectivity index (χ4v) is 4.73. The first kappa shape index (κ1) is 21.6. The number of anilines is 2. The van der Waals surface area contributed by atoms with Gasteiger partial charge in [0.05, 0.1) is 28.0 Å². The molecule has 164 valence electrons. The number of hydrogen-bond acceptors (Lipinski definition) is 5. The van der Waals surface area contributed by atoms with Crippen LogP contribution in [0.15, 0.2) is 24.3 Å². The molecule has 7 nitrogen and oxygen atoms in total. The third kappa shape index (κ3) is 4.52. The third-order valence-corrected chi connectivity index (χ3v) is 6.56. The summed E-state index contributed by atoms with van der Waals surface area (Å²) in [4.78, 5) is 40.0. The third-order valence-electron chi connectivity index (χ3n) is 5.33. The van der Waals surface area contributed by atoms with Crippen LogP contribution in [0.25, 0.3) is 0 Å². The lowest BCUT2D eigenvalue weighted by atomic mass is 10.1. The highest BCUT2D eigenvalue weighted by Gasteiger charge is 2.35. The molecule has 0 saturated carbocycles. The zero-order valence-corrected chi connectivity index (χ0v) is 18.4. The zero-order chi connectivity index (χ0) is 22.1. The van der Waals surface area contributed by atoms with Gasteiger partial charge in [0.2, 0.25) is 5.91 Å². The lowest BCUT2D eigenvalue weighted by Gasteiger charge is -2.29. The van der Waals surface area contributed by atoms with Crippen LogP contribution in [0, 0.1) is 12.7 Å². The Hall–Kier alpha value is -2.65. The van der Waals surface area contributed by atoms with Gasteiger partial charge in [-0.1, -0.05) is 11.6 Å². The van der Waals surface area contributed by atoms with Gasteiger partial charge in [-0.15, -0.1) is 11.3 Å². The number of amides is 3. The molecule has 31 heavy (non-hydrogen) atoms. The largest absolute Gasteiger partial charge is 0.442 e. The van der Waals surface area contributed by atoms with Crippen molar-refractivity contribution in [1.82, 2.24) is 5.32 Å². The number of aryl methyl sites for hydroxylation is 1. The van der Waals surface area contributed by atoms with Crippen LogP contribution in [-0.4, -0.2) is 43.6 Å². The minimum Gasteiger partial charge on any atom is -0.442 e. The van der Waals surface area contributed by atoms with Gasteiger partial charge in [-0.3, -0.25) is 14.5 Å². The molecular weight excluding hydrogens is 445 g/mol. The van der Waals surface area contributed by atoms with E-state index in [1.807, 2.05) is 0 Å². The van der Waals surface area contributed by atoms with E-state index < -0.39 is 18.0 Å². The number of cyclic esters (lactones) is 1. The van der Waals surface area contributed by atoms with E-state index in [4.69, 9.17) is 16.3 Å². The van der Waals surface area contributed by atoms with E-state index in [-0.39, 0.29) is 30.6 Å². The molecule has 3 heterocycles. The summed E-state index contributed by atoms with van der Waals surface area (Å²) >= 11 is 6.99. The van der Waals surface area contributed by atoms with Crippen LogP contribution in [0.5, 0.6) is 0 Å². The molecular formula is C21H21ClFN3O4S. The van der Waals surface area contributed by atoms with Gasteiger partial charge < -0.3 is 15.0 Å². The molecule has 0 unspecified atom stereocenters. The molecule has 2 aliphatic rings. The van der Waals surface area contributed by atoms with E-state index in [9.17, 15) is 18.8 Å². The fraction of sp³-hybridized carbons (Fsp3) is 0.381. The highest BCUT2D eigenvalue weighted by atomic mass is 35.5. The SMILES string of the molecule is Cc1cc(N2C[C@H](CNC(=O)c3ccc(Cl)s3)OC2=O)c(F)cc1N1CCCCC1=O. The summed E-state index contributed by atoms with van der Waals surface area (Å²) < 4.78 is 20.7. The summed E-state index contributed by atoms with van der Waals surface area (Å²) in [5.74, 6) is -0.942. The van der Waals surface area contributed by atoms with Gasteiger partial charge >= 0.3 is 6.09 Å².